The van der Waals surface area contributed by atoms with E-state index in [0.29, 0.717) is 5.75 Å². The normalized spacial score (nSPS) is 23.7. The molecule has 1 saturated heterocycles. The molecule has 0 aromatic heterocycles. The summed E-state index contributed by atoms with van der Waals surface area (Å²) in [6.07, 6.45) is 3.40. The van der Waals surface area contributed by atoms with Gasteiger partial charge in [0.05, 0.1) is 5.37 Å². The summed E-state index contributed by atoms with van der Waals surface area (Å²) in [5.74, 6) is -0.368. The number of nitrogens with zero attached hydrogens (tertiary/aromatic N) is 1. The van der Waals surface area contributed by atoms with E-state index in [0.717, 1.165) is 25.7 Å². The molecule has 2 unspecified atom stereocenters. The van der Waals surface area contributed by atoms with Gasteiger partial charge < -0.3 is 10.0 Å². The number of aliphatic carboxylic acids is 1. The first-order valence-corrected chi connectivity index (χ1v) is 7.78. The van der Waals surface area contributed by atoms with Crippen molar-refractivity contribution < 1.29 is 14.7 Å². The van der Waals surface area contributed by atoms with Gasteiger partial charge >= 0.3 is 5.97 Å². The van der Waals surface area contributed by atoms with E-state index in [9.17, 15) is 14.7 Å². The van der Waals surface area contributed by atoms with E-state index in [1.165, 1.54) is 0 Å². The van der Waals surface area contributed by atoms with Gasteiger partial charge in [0.25, 0.3) is 0 Å². The fourth-order valence-corrected chi connectivity index (χ4v) is 3.89. The molecule has 5 heteroatoms. The van der Waals surface area contributed by atoms with Gasteiger partial charge in [-0.15, -0.1) is 11.8 Å². The summed E-state index contributed by atoms with van der Waals surface area (Å²) in [4.78, 5) is 25.3. The average Bonchev–Trinajstić information content (AvgIpc) is 2.74. The summed E-state index contributed by atoms with van der Waals surface area (Å²) in [7, 11) is 0. The van der Waals surface area contributed by atoms with Gasteiger partial charge in [0, 0.05) is 11.7 Å². The molecule has 18 heavy (non-hydrogen) atoms. The molecule has 0 aromatic rings. The zero-order valence-electron chi connectivity index (χ0n) is 11.4. The highest BCUT2D eigenvalue weighted by Crippen LogP contribution is 2.34. The van der Waals surface area contributed by atoms with Crippen molar-refractivity contribution in [3.05, 3.63) is 0 Å². The second kappa shape index (κ2) is 7.02. The molecule has 1 aliphatic rings. The third-order valence-electron chi connectivity index (χ3n) is 3.50. The van der Waals surface area contributed by atoms with E-state index in [1.54, 1.807) is 16.7 Å². The van der Waals surface area contributed by atoms with Crippen LogP contribution in [0.3, 0.4) is 0 Å². The minimum absolute atomic E-state index is 0.0239. The van der Waals surface area contributed by atoms with Crippen LogP contribution in [0.2, 0.25) is 0 Å². The largest absolute Gasteiger partial charge is 0.480 e. The van der Waals surface area contributed by atoms with E-state index in [2.05, 4.69) is 6.92 Å². The highest BCUT2D eigenvalue weighted by atomic mass is 32.2. The van der Waals surface area contributed by atoms with Crippen molar-refractivity contribution in [2.24, 2.45) is 5.92 Å². The second-order valence-corrected chi connectivity index (χ2v) is 5.90. The Balaban J connectivity index is 2.88. The lowest BCUT2D eigenvalue weighted by Gasteiger charge is -2.30. The van der Waals surface area contributed by atoms with E-state index < -0.39 is 12.0 Å². The van der Waals surface area contributed by atoms with Crippen molar-refractivity contribution >= 4 is 23.6 Å². The standard InChI is InChI=1S/C13H23NO3S/c1-4-7-11-14(10(8-18-11)13(16)17)12(15)9(5-2)6-3/h9-11H,4-8H2,1-3H3,(H,16,17). The summed E-state index contributed by atoms with van der Waals surface area (Å²) >= 11 is 1.60. The van der Waals surface area contributed by atoms with Gasteiger partial charge in [-0.05, 0) is 19.3 Å². The monoisotopic (exact) mass is 273 g/mol. The van der Waals surface area contributed by atoms with Crippen LogP contribution >= 0.6 is 11.8 Å². The molecule has 0 radical (unpaired) electrons. The van der Waals surface area contributed by atoms with Crippen LogP contribution < -0.4 is 0 Å². The Morgan fingerprint density at radius 2 is 1.94 bits per heavy atom. The van der Waals surface area contributed by atoms with Crippen molar-refractivity contribution in [3.8, 4) is 0 Å². The summed E-state index contributed by atoms with van der Waals surface area (Å²) in [5.41, 5.74) is 0. The molecule has 1 amide bonds. The van der Waals surface area contributed by atoms with E-state index >= 15 is 0 Å². The van der Waals surface area contributed by atoms with E-state index in [-0.39, 0.29) is 17.2 Å². The van der Waals surface area contributed by atoms with Crippen LogP contribution in [-0.2, 0) is 9.59 Å². The number of carboxylic acids is 1. The van der Waals surface area contributed by atoms with Crippen molar-refractivity contribution in [1.82, 2.24) is 4.90 Å². The van der Waals surface area contributed by atoms with Crippen LogP contribution in [0.4, 0.5) is 0 Å². The number of thioether (sulfide) groups is 1. The summed E-state index contributed by atoms with van der Waals surface area (Å²) < 4.78 is 0. The van der Waals surface area contributed by atoms with Gasteiger partial charge in [0.2, 0.25) is 5.91 Å². The highest BCUT2D eigenvalue weighted by Gasteiger charge is 2.42. The molecule has 0 saturated carbocycles. The molecule has 4 nitrogen and oxygen atoms in total. The molecule has 104 valence electrons. The average molecular weight is 273 g/mol. The van der Waals surface area contributed by atoms with Gasteiger partial charge in [0.1, 0.15) is 6.04 Å². The maximum Gasteiger partial charge on any atom is 0.327 e. The Bertz CT molecular complexity index is 305. The first kappa shape index (κ1) is 15.3. The SMILES string of the molecule is CCCC1SCC(C(=O)O)N1C(=O)C(CC)CC. The van der Waals surface area contributed by atoms with E-state index in [4.69, 9.17) is 0 Å². The molecule has 2 atom stereocenters. The number of rotatable bonds is 6. The Kier molecular flexibility index (Phi) is 5.99. The van der Waals surface area contributed by atoms with Gasteiger partial charge in [-0.3, -0.25) is 4.79 Å². The van der Waals surface area contributed by atoms with Crippen molar-refractivity contribution in [2.75, 3.05) is 5.75 Å². The zero-order valence-corrected chi connectivity index (χ0v) is 12.2. The lowest BCUT2D eigenvalue weighted by molar-refractivity contribution is -0.151. The molecular weight excluding hydrogens is 250 g/mol. The molecule has 1 fully saturated rings. The topological polar surface area (TPSA) is 57.6 Å². The second-order valence-electron chi connectivity index (χ2n) is 4.69. The Morgan fingerprint density at radius 3 is 2.39 bits per heavy atom. The third kappa shape index (κ3) is 3.19. The fraction of sp³-hybridized carbons (Fsp3) is 0.846. The molecule has 1 rings (SSSR count). The molecule has 1 heterocycles. The summed E-state index contributed by atoms with van der Waals surface area (Å²) in [6.45, 7) is 6.04. The van der Waals surface area contributed by atoms with Crippen LogP contribution in [0.15, 0.2) is 0 Å². The lowest BCUT2D eigenvalue weighted by atomic mass is 10.0. The summed E-state index contributed by atoms with van der Waals surface area (Å²) in [5, 5.41) is 9.28. The fourth-order valence-electron chi connectivity index (χ4n) is 2.37. The van der Waals surface area contributed by atoms with Crippen LogP contribution in [-0.4, -0.2) is 39.1 Å². The number of hydrogen-bond acceptors (Lipinski definition) is 3. The number of carbonyl (C=O) groups is 2. The van der Waals surface area contributed by atoms with Crippen molar-refractivity contribution in [1.29, 1.82) is 0 Å². The van der Waals surface area contributed by atoms with E-state index in [1.807, 2.05) is 13.8 Å². The Hall–Kier alpha value is -0.710. The molecule has 1 N–H and O–H groups in total. The van der Waals surface area contributed by atoms with Gasteiger partial charge in [-0.25, -0.2) is 4.79 Å². The maximum atomic E-state index is 12.5. The quantitative estimate of drug-likeness (QED) is 0.808. The number of carbonyl (C=O) groups excluding carboxylic acids is 1. The van der Waals surface area contributed by atoms with Crippen LogP contribution in [0.1, 0.15) is 46.5 Å². The first-order valence-electron chi connectivity index (χ1n) is 6.73. The predicted molar refractivity (Wildman–Crippen MR) is 73.5 cm³/mol. The Morgan fingerprint density at radius 1 is 1.33 bits per heavy atom. The minimum Gasteiger partial charge on any atom is -0.480 e. The van der Waals surface area contributed by atoms with Crippen molar-refractivity contribution in [3.63, 3.8) is 0 Å². The van der Waals surface area contributed by atoms with Crippen LogP contribution in [0.25, 0.3) is 0 Å². The smallest absolute Gasteiger partial charge is 0.327 e. The van der Waals surface area contributed by atoms with Crippen LogP contribution in [0.5, 0.6) is 0 Å². The minimum atomic E-state index is -0.875. The molecule has 0 aromatic carbocycles. The molecule has 0 aliphatic carbocycles. The summed E-state index contributed by atoms with van der Waals surface area (Å²) in [6, 6.07) is -0.639. The highest BCUT2D eigenvalue weighted by molar-refractivity contribution is 8.00. The van der Waals surface area contributed by atoms with Gasteiger partial charge in [-0.1, -0.05) is 27.2 Å². The Labute approximate surface area is 113 Å². The molecule has 1 aliphatic heterocycles. The first-order chi connectivity index (χ1) is 8.56. The van der Waals surface area contributed by atoms with Crippen LogP contribution in [0, 0.1) is 5.92 Å². The lowest BCUT2D eigenvalue weighted by Crippen LogP contribution is -2.48. The number of hydrogen-bond donors (Lipinski definition) is 1. The number of carboxylic acid groups (broad SMARTS) is 1. The van der Waals surface area contributed by atoms with Crippen molar-refractivity contribution in [2.45, 2.75) is 57.9 Å². The van der Waals surface area contributed by atoms with Gasteiger partial charge in [0.15, 0.2) is 0 Å². The number of amides is 1. The maximum absolute atomic E-state index is 12.5. The zero-order chi connectivity index (χ0) is 13.7. The molecule has 0 spiro atoms. The molecular formula is C13H23NO3S. The van der Waals surface area contributed by atoms with Gasteiger partial charge in [-0.2, -0.15) is 0 Å². The molecule has 0 bridgehead atoms. The third-order valence-corrected chi connectivity index (χ3v) is 4.86. The predicted octanol–water partition coefficient (Wildman–Crippen LogP) is 2.58.